The van der Waals surface area contributed by atoms with Gasteiger partial charge in [0, 0.05) is 0 Å². The Balaban J connectivity index is 1.63. The molecular formula is C16H12Cl2O4. The molecule has 1 heterocycles. The molecule has 0 saturated heterocycles. The molecule has 0 saturated carbocycles. The molecule has 4 nitrogen and oxygen atoms in total. The molecule has 0 aromatic heterocycles. The number of carbonyl (C=O) groups excluding carboxylic acids is 1. The normalized spacial score (nSPS) is 16.2. The summed E-state index contributed by atoms with van der Waals surface area (Å²) in [6.07, 6.45) is -0.375. The smallest absolute Gasteiger partial charge is 0.341 e. The molecule has 0 radical (unpaired) electrons. The highest BCUT2D eigenvalue weighted by Gasteiger charge is 2.23. The zero-order chi connectivity index (χ0) is 15.5. The molecule has 22 heavy (non-hydrogen) atoms. The summed E-state index contributed by atoms with van der Waals surface area (Å²) in [6, 6.07) is 12.2. The molecule has 6 heteroatoms. The molecule has 3 rings (SSSR count). The van der Waals surface area contributed by atoms with Crippen molar-refractivity contribution >= 4 is 29.2 Å². The number of para-hydroxylation sites is 2. The molecule has 114 valence electrons. The van der Waals surface area contributed by atoms with Gasteiger partial charge in [-0.15, -0.1) is 0 Å². The number of ether oxygens (including phenoxy) is 3. The lowest BCUT2D eigenvalue weighted by Gasteiger charge is -2.26. The largest absolute Gasteiger partial charge is 0.486 e. The number of carbonyl (C=O) groups is 1. The minimum atomic E-state index is -0.585. The van der Waals surface area contributed by atoms with E-state index in [0.29, 0.717) is 18.1 Å². The third-order valence-electron chi connectivity index (χ3n) is 3.13. The molecule has 1 aliphatic heterocycles. The fourth-order valence-corrected chi connectivity index (χ4v) is 2.63. The Morgan fingerprint density at radius 3 is 2.50 bits per heavy atom. The average Bonchev–Trinajstić information content (AvgIpc) is 2.52. The Kier molecular flexibility index (Phi) is 4.41. The maximum Gasteiger partial charge on any atom is 0.341 e. The number of fused-ring (bicyclic) bond motifs is 1. The highest BCUT2D eigenvalue weighted by atomic mass is 35.5. The van der Waals surface area contributed by atoms with Crippen molar-refractivity contribution in [2.45, 2.75) is 6.10 Å². The van der Waals surface area contributed by atoms with Crippen molar-refractivity contribution in [3.05, 3.63) is 58.1 Å². The summed E-state index contributed by atoms with van der Waals surface area (Å²) in [5.41, 5.74) is 0.156. The lowest BCUT2D eigenvalue weighted by Crippen LogP contribution is -2.34. The van der Waals surface area contributed by atoms with Crippen LogP contribution >= 0.6 is 23.2 Å². The van der Waals surface area contributed by atoms with E-state index in [-0.39, 0.29) is 28.3 Å². The number of hydrogen-bond donors (Lipinski definition) is 0. The van der Waals surface area contributed by atoms with Crippen LogP contribution in [0, 0.1) is 0 Å². The third kappa shape index (κ3) is 3.13. The topological polar surface area (TPSA) is 44.8 Å². The number of halogens is 2. The van der Waals surface area contributed by atoms with Gasteiger partial charge in [0.2, 0.25) is 0 Å². The van der Waals surface area contributed by atoms with Crippen LogP contribution in [-0.4, -0.2) is 25.3 Å². The molecule has 1 atom stereocenters. The average molecular weight is 339 g/mol. The Morgan fingerprint density at radius 1 is 1.09 bits per heavy atom. The van der Waals surface area contributed by atoms with Gasteiger partial charge in [0.25, 0.3) is 0 Å². The van der Waals surface area contributed by atoms with Crippen molar-refractivity contribution in [2.24, 2.45) is 0 Å². The number of hydrogen-bond acceptors (Lipinski definition) is 4. The molecule has 0 N–H and O–H groups in total. The SMILES string of the molecule is O=C(OCC1COc2ccccc2O1)c1c(Cl)cccc1Cl. The van der Waals surface area contributed by atoms with E-state index in [1.165, 1.54) is 0 Å². The van der Waals surface area contributed by atoms with E-state index in [0.717, 1.165) is 0 Å². The van der Waals surface area contributed by atoms with Gasteiger partial charge >= 0.3 is 5.97 Å². The van der Waals surface area contributed by atoms with Crippen LogP contribution in [0.5, 0.6) is 11.5 Å². The number of rotatable bonds is 3. The van der Waals surface area contributed by atoms with Crippen molar-refractivity contribution in [3.8, 4) is 11.5 Å². The Morgan fingerprint density at radius 2 is 1.77 bits per heavy atom. The molecule has 0 spiro atoms. The maximum atomic E-state index is 12.1. The molecule has 2 aromatic carbocycles. The predicted octanol–water partition coefficient (Wildman–Crippen LogP) is 3.99. The van der Waals surface area contributed by atoms with Crippen LogP contribution in [0.25, 0.3) is 0 Å². The van der Waals surface area contributed by atoms with Crippen molar-refractivity contribution in [2.75, 3.05) is 13.2 Å². The monoisotopic (exact) mass is 338 g/mol. The first kappa shape index (κ1) is 15.0. The molecule has 1 unspecified atom stereocenters. The number of benzene rings is 2. The molecule has 0 amide bonds. The summed E-state index contributed by atoms with van der Waals surface area (Å²) in [7, 11) is 0. The quantitative estimate of drug-likeness (QED) is 0.793. The minimum absolute atomic E-state index is 0.0503. The van der Waals surface area contributed by atoms with Crippen LogP contribution < -0.4 is 9.47 Å². The van der Waals surface area contributed by atoms with Crippen LogP contribution in [0.3, 0.4) is 0 Å². The zero-order valence-corrected chi connectivity index (χ0v) is 12.9. The van der Waals surface area contributed by atoms with E-state index in [2.05, 4.69) is 0 Å². The Hall–Kier alpha value is -1.91. The second kappa shape index (κ2) is 6.46. The molecule has 2 aromatic rings. The Labute approximate surface area is 137 Å². The van der Waals surface area contributed by atoms with E-state index in [1.54, 1.807) is 24.3 Å². The summed E-state index contributed by atoms with van der Waals surface area (Å²) in [6.45, 7) is 0.356. The molecular weight excluding hydrogens is 327 g/mol. The van der Waals surface area contributed by atoms with Crippen LogP contribution in [0.4, 0.5) is 0 Å². The van der Waals surface area contributed by atoms with Gasteiger partial charge in [-0.1, -0.05) is 41.4 Å². The molecule has 0 fully saturated rings. The molecule has 0 bridgehead atoms. The first-order valence-corrected chi connectivity index (χ1v) is 7.40. The maximum absolute atomic E-state index is 12.1. The van der Waals surface area contributed by atoms with Crippen molar-refractivity contribution < 1.29 is 19.0 Å². The summed E-state index contributed by atoms with van der Waals surface area (Å²) in [5.74, 6) is 0.725. The van der Waals surface area contributed by atoms with E-state index < -0.39 is 5.97 Å². The predicted molar refractivity (Wildman–Crippen MR) is 83.1 cm³/mol. The van der Waals surface area contributed by atoms with Crippen LogP contribution in [0.1, 0.15) is 10.4 Å². The van der Waals surface area contributed by atoms with Crippen molar-refractivity contribution in [3.63, 3.8) is 0 Å². The van der Waals surface area contributed by atoms with Gasteiger partial charge in [0.1, 0.15) is 13.2 Å². The van der Waals surface area contributed by atoms with Crippen LogP contribution in [-0.2, 0) is 4.74 Å². The van der Waals surface area contributed by atoms with E-state index in [9.17, 15) is 4.79 Å². The van der Waals surface area contributed by atoms with E-state index in [1.807, 2.05) is 18.2 Å². The second-order valence-corrected chi connectivity index (χ2v) is 5.51. The highest BCUT2D eigenvalue weighted by molar-refractivity contribution is 6.39. The molecule has 0 aliphatic carbocycles. The third-order valence-corrected chi connectivity index (χ3v) is 3.76. The summed E-state index contributed by atoms with van der Waals surface area (Å²) in [5, 5.41) is 0.507. The summed E-state index contributed by atoms with van der Waals surface area (Å²) < 4.78 is 16.5. The molecule has 1 aliphatic rings. The van der Waals surface area contributed by atoms with E-state index in [4.69, 9.17) is 37.4 Å². The van der Waals surface area contributed by atoms with Crippen LogP contribution in [0.2, 0.25) is 10.0 Å². The van der Waals surface area contributed by atoms with Gasteiger partial charge in [-0.25, -0.2) is 4.79 Å². The van der Waals surface area contributed by atoms with Gasteiger partial charge in [-0.3, -0.25) is 0 Å². The first-order chi connectivity index (χ1) is 10.6. The first-order valence-electron chi connectivity index (χ1n) is 6.65. The Bertz CT molecular complexity index is 682. The van der Waals surface area contributed by atoms with Crippen LogP contribution in [0.15, 0.2) is 42.5 Å². The zero-order valence-electron chi connectivity index (χ0n) is 11.4. The lowest BCUT2D eigenvalue weighted by atomic mass is 10.2. The summed E-state index contributed by atoms with van der Waals surface area (Å²) >= 11 is 11.9. The van der Waals surface area contributed by atoms with Gasteiger partial charge in [0.05, 0.1) is 15.6 Å². The second-order valence-electron chi connectivity index (χ2n) is 4.69. The fraction of sp³-hybridized carbons (Fsp3) is 0.188. The van der Waals surface area contributed by atoms with Crippen molar-refractivity contribution in [1.29, 1.82) is 0 Å². The lowest BCUT2D eigenvalue weighted by molar-refractivity contribution is 0.0110. The number of esters is 1. The van der Waals surface area contributed by atoms with Gasteiger partial charge in [0.15, 0.2) is 17.6 Å². The van der Waals surface area contributed by atoms with Gasteiger partial charge in [-0.2, -0.15) is 0 Å². The standard InChI is InChI=1S/C16H12Cl2O4/c17-11-4-3-5-12(18)15(11)16(19)21-9-10-8-20-13-6-1-2-7-14(13)22-10/h1-7,10H,8-9H2. The van der Waals surface area contributed by atoms with Crippen molar-refractivity contribution in [1.82, 2.24) is 0 Å². The highest BCUT2D eigenvalue weighted by Crippen LogP contribution is 2.31. The van der Waals surface area contributed by atoms with E-state index >= 15 is 0 Å². The summed E-state index contributed by atoms with van der Waals surface area (Å²) in [4.78, 5) is 12.1. The van der Waals surface area contributed by atoms with Gasteiger partial charge < -0.3 is 14.2 Å². The fourth-order valence-electron chi connectivity index (χ4n) is 2.08. The van der Waals surface area contributed by atoms with Gasteiger partial charge in [-0.05, 0) is 24.3 Å². The minimum Gasteiger partial charge on any atom is -0.486 e.